The van der Waals surface area contributed by atoms with Gasteiger partial charge in [0.25, 0.3) is 0 Å². The maximum Gasteiger partial charge on any atom is 0.141 e. The van der Waals surface area contributed by atoms with E-state index in [1.165, 1.54) is 11.1 Å². The number of hydrogen-bond acceptors (Lipinski definition) is 4. The Morgan fingerprint density at radius 1 is 1.19 bits per heavy atom. The van der Waals surface area contributed by atoms with Gasteiger partial charge in [0, 0.05) is 35.8 Å². The molecule has 0 bridgehead atoms. The lowest BCUT2D eigenvalue weighted by Crippen LogP contribution is -2.17. The monoisotopic (exact) mass is 344 g/mol. The number of benzene rings is 1. The van der Waals surface area contributed by atoms with Crippen LogP contribution in [0.4, 0.5) is 0 Å². The van der Waals surface area contributed by atoms with Crippen LogP contribution in [0.25, 0.3) is 33.5 Å². The zero-order valence-corrected chi connectivity index (χ0v) is 14.6. The third kappa shape index (κ3) is 2.42. The number of nitrogens with zero attached hydrogens (tertiary/aromatic N) is 4. The van der Waals surface area contributed by atoms with Gasteiger partial charge >= 0.3 is 0 Å². The molecule has 6 nitrogen and oxygen atoms in total. The van der Waals surface area contributed by atoms with Gasteiger partial charge in [-0.3, -0.25) is 4.68 Å². The fourth-order valence-electron chi connectivity index (χ4n) is 3.88. The molecule has 3 aromatic heterocycles. The SMILES string of the molecule is Cn1cc(-c2cc3c(-c4ccc5c(c4)CCCC5N)ncnc3[nH]2)cn1. The number of H-pyrrole nitrogens is 1. The maximum absolute atomic E-state index is 6.26. The first-order valence-corrected chi connectivity index (χ1v) is 8.90. The standard InChI is InChI=1S/C20H20N6/c1-26-10-14(9-24-26)18-8-16-19(22-11-23-20(16)25-18)13-5-6-15-12(7-13)3-2-4-17(15)21/h5-11,17H,2-4,21H2,1H3,(H,22,23,25). The number of nitrogens with two attached hydrogens (primary N) is 1. The predicted octanol–water partition coefficient (Wildman–Crippen LogP) is 3.36. The molecule has 1 atom stereocenters. The molecule has 6 heteroatoms. The summed E-state index contributed by atoms with van der Waals surface area (Å²) in [4.78, 5) is 12.4. The Balaban J connectivity index is 1.64. The van der Waals surface area contributed by atoms with Crippen LogP contribution < -0.4 is 5.73 Å². The average Bonchev–Trinajstić information content (AvgIpc) is 3.27. The average molecular weight is 344 g/mol. The molecule has 0 spiro atoms. The van der Waals surface area contributed by atoms with E-state index in [2.05, 4.69) is 44.3 Å². The van der Waals surface area contributed by atoms with Crippen molar-refractivity contribution in [3.05, 3.63) is 54.1 Å². The number of aromatic amines is 1. The van der Waals surface area contributed by atoms with Gasteiger partial charge in [-0.2, -0.15) is 5.10 Å². The highest BCUT2D eigenvalue weighted by atomic mass is 15.2. The van der Waals surface area contributed by atoms with Gasteiger partial charge in [0.1, 0.15) is 12.0 Å². The van der Waals surface area contributed by atoms with E-state index in [-0.39, 0.29) is 6.04 Å². The van der Waals surface area contributed by atoms with Gasteiger partial charge in [0.15, 0.2) is 0 Å². The lowest BCUT2D eigenvalue weighted by atomic mass is 9.86. The summed E-state index contributed by atoms with van der Waals surface area (Å²) < 4.78 is 1.79. The molecule has 3 heterocycles. The molecule has 0 fully saturated rings. The lowest BCUT2D eigenvalue weighted by molar-refractivity contribution is 0.570. The zero-order chi connectivity index (χ0) is 17.7. The van der Waals surface area contributed by atoms with Gasteiger partial charge in [-0.25, -0.2) is 9.97 Å². The number of aromatic nitrogens is 5. The van der Waals surface area contributed by atoms with Gasteiger partial charge in [-0.1, -0.05) is 12.1 Å². The number of hydrogen-bond donors (Lipinski definition) is 2. The highest BCUT2D eigenvalue weighted by Gasteiger charge is 2.18. The second kappa shape index (κ2) is 5.78. The molecule has 1 aliphatic rings. The summed E-state index contributed by atoms with van der Waals surface area (Å²) in [6, 6.07) is 8.79. The van der Waals surface area contributed by atoms with Gasteiger partial charge in [0.2, 0.25) is 0 Å². The second-order valence-corrected chi connectivity index (χ2v) is 6.98. The van der Waals surface area contributed by atoms with Crippen molar-refractivity contribution < 1.29 is 0 Å². The fraction of sp³-hybridized carbons (Fsp3) is 0.250. The maximum atomic E-state index is 6.26. The van der Waals surface area contributed by atoms with Crippen LogP contribution in [0.5, 0.6) is 0 Å². The Labute approximate surface area is 151 Å². The largest absolute Gasteiger partial charge is 0.339 e. The smallest absolute Gasteiger partial charge is 0.141 e. The third-order valence-electron chi connectivity index (χ3n) is 5.22. The van der Waals surface area contributed by atoms with Crippen LogP contribution in [0.3, 0.4) is 0 Å². The van der Waals surface area contributed by atoms with Crippen LogP contribution >= 0.6 is 0 Å². The number of aryl methyl sites for hydroxylation is 2. The molecular weight excluding hydrogens is 324 g/mol. The van der Waals surface area contributed by atoms with Crippen molar-refractivity contribution in [1.29, 1.82) is 0 Å². The van der Waals surface area contributed by atoms with E-state index in [1.54, 1.807) is 11.0 Å². The van der Waals surface area contributed by atoms with Crippen LogP contribution in [-0.2, 0) is 13.5 Å². The summed E-state index contributed by atoms with van der Waals surface area (Å²) in [5.74, 6) is 0. The molecule has 3 N–H and O–H groups in total. The molecule has 1 unspecified atom stereocenters. The molecule has 26 heavy (non-hydrogen) atoms. The van der Waals surface area contributed by atoms with Crippen molar-refractivity contribution in [2.24, 2.45) is 12.8 Å². The van der Waals surface area contributed by atoms with E-state index < -0.39 is 0 Å². The van der Waals surface area contributed by atoms with E-state index in [1.807, 2.05) is 19.4 Å². The molecule has 0 aliphatic heterocycles. The van der Waals surface area contributed by atoms with Gasteiger partial charge in [-0.15, -0.1) is 0 Å². The second-order valence-electron chi connectivity index (χ2n) is 6.98. The van der Waals surface area contributed by atoms with Crippen molar-refractivity contribution >= 4 is 11.0 Å². The van der Waals surface area contributed by atoms with Crippen LogP contribution in [-0.4, -0.2) is 24.7 Å². The number of fused-ring (bicyclic) bond motifs is 2. The van der Waals surface area contributed by atoms with Crippen LogP contribution in [0.15, 0.2) is 43.0 Å². The first-order chi connectivity index (χ1) is 12.7. The molecule has 130 valence electrons. The van der Waals surface area contributed by atoms with Gasteiger partial charge < -0.3 is 10.7 Å². The third-order valence-corrected chi connectivity index (χ3v) is 5.22. The molecular formula is C20H20N6. The van der Waals surface area contributed by atoms with Crippen molar-refractivity contribution in [2.45, 2.75) is 25.3 Å². The Bertz CT molecular complexity index is 1110. The predicted molar refractivity (Wildman–Crippen MR) is 101 cm³/mol. The summed E-state index contributed by atoms with van der Waals surface area (Å²) in [7, 11) is 1.91. The Morgan fingerprint density at radius 3 is 2.96 bits per heavy atom. The molecule has 0 amide bonds. The van der Waals surface area contributed by atoms with Crippen LogP contribution in [0, 0.1) is 0 Å². The summed E-state index contributed by atoms with van der Waals surface area (Å²) in [6.45, 7) is 0. The molecule has 0 radical (unpaired) electrons. The Morgan fingerprint density at radius 2 is 2.12 bits per heavy atom. The van der Waals surface area contributed by atoms with E-state index in [0.717, 1.165) is 52.8 Å². The van der Waals surface area contributed by atoms with Gasteiger partial charge in [-0.05, 0) is 42.5 Å². The molecule has 0 saturated carbocycles. The minimum absolute atomic E-state index is 0.155. The van der Waals surface area contributed by atoms with E-state index in [0.29, 0.717) is 0 Å². The molecule has 1 aliphatic carbocycles. The highest BCUT2D eigenvalue weighted by molar-refractivity contribution is 5.94. The van der Waals surface area contributed by atoms with Crippen molar-refractivity contribution in [3.63, 3.8) is 0 Å². The minimum Gasteiger partial charge on any atom is -0.339 e. The topological polar surface area (TPSA) is 85.4 Å². The summed E-state index contributed by atoms with van der Waals surface area (Å²) in [5.41, 5.74) is 13.8. The van der Waals surface area contributed by atoms with Crippen LogP contribution in [0.2, 0.25) is 0 Å². The van der Waals surface area contributed by atoms with Crippen molar-refractivity contribution in [1.82, 2.24) is 24.7 Å². The van der Waals surface area contributed by atoms with E-state index in [4.69, 9.17) is 5.73 Å². The summed E-state index contributed by atoms with van der Waals surface area (Å²) in [6.07, 6.45) is 8.74. The zero-order valence-electron chi connectivity index (χ0n) is 14.6. The fourth-order valence-corrected chi connectivity index (χ4v) is 3.88. The summed E-state index contributed by atoms with van der Waals surface area (Å²) >= 11 is 0. The number of nitrogens with one attached hydrogen (secondary N) is 1. The summed E-state index contributed by atoms with van der Waals surface area (Å²) in [5, 5.41) is 5.27. The van der Waals surface area contributed by atoms with E-state index >= 15 is 0 Å². The number of rotatable bonds is 2. The quantitative estimate of drug-likeness (QED) is 0.584. The molecule has 0 saturated heterocycles. The molecule has 1 aromatic carbocycles. The highest BCUT2D eigenvalue weighted by Crippen LogP contribution is 2.34. The van der Waals surface area contributed by atoms with E-state index in [9.17, 15) is 0 Å². The molecule has 5 rings (SSSR count). The van der Waals surface area contributed by atoms with Crippen LogP contribution in [0.1, 0.15) is 30.0 Å². The molecule has 4 aromatic rings. The first kappa shape index (κ1) is 15.3. The van der Waals surface area contributed by atoms with Gasteiger partial charge in [0.05, 0.1) is 17.6 Å². The first-order valence-electron chi connectivity index (χ1n) is 8.90. The van der Waals surface area contributed by atoms with Crippen molar-refractivity contribution in [2.75, 3.05) is 0 Å². The lowest BCUT2D eigenvalue weighted by Gasteiger charge is -2.22. The normalized spacial score (nSPS) is 16.8. The van der Waals surface area contributed by atoms with Crippen molar-refractivity contribution in [3.8, 4) is 22.5 Å². The minimum atomic E-state index is 0.155. The Kier molecular flexibility index (Phi) is 3.39. The Hall–Kier alpha value is -2.99.